The molecular formula is C28H14F6S2. The van der Waals surface area contributed by atoms with Crippen LogP contribution < -0.4 is 0 Å². The first kappa shape index (κ1) is 22.2. The minimum Gasteiger partial charge on any atom is -0.166 e. The summed E-state index contributed by atoms with van der Waals surface area (Å²) in [6.07, 6.45) is -4.65. The van der Waals surface area contributed by atoms with Crippen molar-refractivity contribution in [1.82, 2.24) is 0 Å². The summed E-state index contributed by atoms with van der Waals surface area (Å²) in [6.45, 7) is 0. The van der Waals surface area contributed by atoms with Crippen molar-refractivity contribution >= 4 is 64.8 Å². The number of thiophene rings is 1. The molecule has 0 N–H and O–H groups in total. The number of thioether (sulfide) groups is 1. The van der Waals surface area contributed by atoms with Crippen LogP contribution in [0.25, 0.3) is 41.7 Å². The topological polar surface area (TPSA) is 0 Å². The summed E-state index contributed by atoms with van der Waals surface area (Å²) < 4.78 is 81.5. The Balaban J connectivity index is 1.42. The number of alkyl halides is 6. The van der Waals surface area contributed by atoms with Crippen molar-refractivity contribution < 1.29 is 26.3 Å². The molecular weight excluding hydrogens is 514 g/mol. The molecule has 0 radical (unpaired) electrons. The van der Waals surface area contributed by atoms with Gasteiger partial charge in [-0.3, -0.25) is 0 Å². The minimum atomic E-state index is -4.41. The Morgan fingerprint density at radius 3 is 2.22 bits per heavy atom. The van der Waals surface area contributed by atoms with Crippen molar-refractivity contribution in [3.05, 3.63) is 89.5 Å². The summed E-state index contributed by atoms with van der Waals surface area (Å²) in [6, 6.07) is 15.6. The van der Waals surface area contributed by atoms with Crippen LogP contribution in [0.5, 0.6) is 0 Å². The summed E-state index contributed by atoms with van der Waals surface area (Å²) in [5, 5.41) is 5.12. The largest absolute Gasteiger partial charge is 0.416 e. The van der Waals surface area contributed by atoms with Gasteiger partial charge in [-0.25, -0.2) is 0 Å². The summed E-state index contributed by atoms with van der Waals surface area (Å²) >= 11 is 3.05. The molecule has 180 valence electrons. The van der Waals surface area contributed by atoms with Crippen LogP contribution in [-0.2, 0) is 6.18 Å². The second-order valence-corrected chi connectivity index (χ2v) is 11.4. The maximum atomic E-state index is 13.3. The molecule has 36 heavy (non-hydrogen) atoms. The molecule has 7 rings (SSSR count). The third-order valence-corrected chi connectivity index (χ3v) is 9.65. The van der Waals surface area contributed by atoms with Crippen molar-refractivity contribution in [2.24, 2.45) is 0 Å². The Morgan fingerprint density at radius 2 is 1.44 bits per heavy atom. The predicted molar refractivity (Wildman–Crippen MR) is 135 cm³/mol. The van der Waals surface area contributed by atoms with E-state index < -0.39 is 23.5 Å². The Labute approximate surface area is 208 Å². The number of benzene rings is 4. The lowest BCUT2D eigenvalue weighted by atomic mass is 9.88. The summed E-state index contributed by atoms with van der Waals surface area (Å²) in [4.78, 5) is 0.986. The zero-order chi connectivity index (χ0) is 25.0. The van der Waals surface area contributed by atoms with E-state index in [1.807, 2.05) is 30.3 Å². The van der Waals surface area contributed by atoms with Crippen LogP contribution >= 0.6 is 23.1 Å². The molecule has 5 aromatic rings. The van der Waals surface area contributed by atoms with Gasteiger partial charge >= 0.3 is 12.4 Å². The molecule has 1 aromatic heterocycles. The van der Waals surface area contributed by atoms with Gasteiger partial charge in [0.15, 0.2) is 0 Å². The van der Waals surface area contributed by atoms with E-state index in [9.17, 15) is 26.3 Å². The fraction of sp³-hybridized carbons (Fsp3) is 0.143. The van der Waals surface area contributed by atoms with Crippen molar-refractivity contribution in [1.29, 1.82) is 0 Å². The summed E-state index contributed by atoms with van der Waals surface area (Å²) in [5.41, 5.74) is -0.388. The molecule has 2 heterocycles. The predicted octanol–water partition coefficient (Wildman–Crippen LogP) is 10.00. The maximum Gasteiger partial charge on any atom is 0.416 e. The molecule has 4 aromatic carbocycles. The third kappa shape index (κ3) is 3.23. The fourth-order valence-electron chi connectivity index (χ4n) is 5.31. The Kier molecular flexibility index (Phi) is 4.51. The second kappa shape index (κ2) is 7.29. The molecule has 1 aliphatic carbocycles. The van der Waals surface area contributed by atoms with Crippen molar-refractivity contribution in [3.8, 4) is 0 Å². The minimum absolute atomic E-state index is 0.0831. The van der Waals surface area contributed by atoms with Crippen molar-refractivity contribution in [2.45, 2.75) is 28.4 Å². The Hall–Kier alpha value is -2.97. The first-order valence-corrected chi connectivity index (χ1v) is 12.8. The van der Waals surface area contributed by atoms with Crippen LogP contribution in [0.15, 0.2) is 83.3 Å². The van der Waals surface area contributed by atoms with Gasteiger partial charge in [-0.1, -0.05) is 42.5 Å². The van der Waals surface area contributed by atoms with Crippen LogP contribution in [0.4, 0.5) is 26.3 Å². The Morgan fingerprint density at radius 1 is 0.694 bits per heavy atom. The van der Waals surface area contributed by atoms with E-state index in [-0.39, 0.29) is 11.2 Å². The van der Waals surface area contributed by atoms with Crippen LogP contribution in [0, 0.1) is 0 Å². The van der Waals surface area contributed by atoms with Crippen molar-refractivity contribution in [2.75, 3.05) is 0 Å². The normalized spacial score (nSPS) is 19.9. The molecule has 0 bridgehead atoms. The molecule has 0 saturated heterocycles. The maximum absolute atomic E-state index is 13.3. The van der Waals surface area contributed by atoms with Gasteiger partial charge in [0.25, 0.3) is 0 Å². The zero-order valence-corrected chi connectivity index (χ0v) is 19.8. The van der Waals surface area contributed by atoms with Crippen LogP contribution in [0.3, 0.4) is 0 Å². The molecule has 0 fully saturated rings. The number of rotatable bonds is 0. The number of halogens is 6. The Bertz CT molecular complexity index is 1800. The molecule has 1 aliphatic heterocycles. The highest BCUT2D eigenvalue weighted by Crippen LogP contribution is 2.53. The fourth-order valence-corrected chi connectivity index (χ4v) is 7.96. The van der Waals surface area contributed by atoms with Gasteiger partial charge in [0, 0.05) is 41.6 Å². The lowest BCUT2D eigenvalue weighted by molar-refractivity contribution is -0.137. The van der Waals surface area contributed by atoms with Crippen molar-refractivity contribution in [3.63, 3.8) is 0 Å². The van der Waals surface area contributed by atoms with E-state index in [0.29, 0.717) is 5.39 Å². The standard InChI is InChI=1S/C28H14F6S2/c29-27(30,31)15-3-7-23-21(11-15)17-5-1-13-9-20-14(10-19(13)25(17)35-23)2-6-18-22-12-16(28(32,33)34)4-8-24(22)36-26(18)20/h1-12,21,23H. The second-order valence-electron chi connectivity index (χ2n) is 9.12. The molecule has 8 heteroatoms. The van der Waals surface area contributed by atoms with Gasteiger partial charge in [-0.05, 0) is 52.1 Å². The highest BCUT2D eigenvalue weighted by molar-refractivity contribution is 8.00. The number of fused-ring (bicyclic) bond motifs is 10. The zero-order valence-electron chi connectivity index (χ0n) is 18.2. The molecule has 0 saturated carbocycles. The molecule has 0 spiro atoms. The van der Waals surface area contributed by atoms with Gasteiger partial charge in [0.2, 0.25) is 0 Å². The average molecular weight is 529 g/mol. The highest BCUT2D eigenvalue weighted by atomic mass is 32.2. The molecule has 2 unspecified atom stereocenters. The van der Waals surface area contributed by atoms with E-state index in [0.717, 1.165) is 52.9 Å². The van der Waals surface area contributed by atoms with E-state index in [1.54, 1.807) is 17.8 Å². The molecule has 2 atom stereocenters. The summed E-state index contributed by atoms with van der Waals surface area (Å²) in [7, 11) is 0. The highest BCUT2D eigenvalue weighted by Gasteiger charge is 2.39. The smallest absolute Gasteiger partial charge is 0.166 e. The SMILES string of the molecule is FC(F)(F)C1=CC2c3ccc4cc5c(ccc6c7cc(C(F)(F)F)ccc7sc56)cc4c3SC2C=C1. The number of allylic oxidation sites excluding steroid dienone is 3. The van der Waals surface area contributed by atoms with Crippen LogP contribution in [-0.4, -0.2) is 11.4 Å². The number of hydrogen-bond acceptors (Lipinski definition) is 2. The van der Waals surface area contributed by atoms with Gasteiger partial charge in [0.05, 0.1) is 11.1 Å². The average Bonchev–Trinajstić information content (AvgIpc) is 3.39. The molecule has 0 nitrogen and oxygen atoms in total. The van der Waals surface area contributed by atoms with Crippen LogP contribution in [0.1, 0.15) is 17.0 Å². The lowest BCUT2D eigenvalue weighted by Gasteiger charge is -2.20. The van der Waals surface area contributed by atoms with Crippen LogP contribution in [0.2, 0.25) is 0 Å². The van der Waals surface area contributed by atoms with E-state index >= 15 is 0 Å². The number of hydrogen-bond donors (Lipinski definition) is 0. The first-order chi connectivity index (χ1) is 17.1. The molecule has 2 aliphatic rings. The summed E-state index contributed by atoms with van der Waals surface area (Å²) in [5.74, 6) is -0.334. The van der Waals surface area contributed by atoms with Gasteiger partial charge in [-0.15, -0.1) is 23.1 Å². The van der Waals surface area contributed by atoms with Gasteiger partial charge in [-0.2, -0.15) is 26.3 Å². The van der Waals surface area contributed by atoms with E-state index in [2.05, 4.69) is 6.07 Å². The van der Waals surface area contributed by atoms with Gasteiger partial charge < -0.3 is 0 Å². The third-order valence-electron chi connectivity index (χ3n) is 7.02. The quantitative estimate of drug-likeness (QED) is 0.142. The first-order valence-electron chi connectivity index (χ1n) is 11.1. The molecule has 0 amide bonds. The van der Waals surface area contributed by atoms with Gasteiger partial charge in [0.1, 0.15) is 0 Å². The van der Waals surface area contributed by atoms with E-state index in [1.165, 1.54) is 35.6 Å². The van der Waals surface area contributed by atoms with E-state index in [4.69, 9.17) is 0 Å². The lowest BCUT2D eigenvalue weighted by Crippen LogP contribution is -2.17. The monoisotopic (exact) mass is 528 g/mol.